The third-order valence-corrected chi connectivity index (χ3v) is 2.99. The lowest BCUT2D eigenvalue weighted by atomic mass is 9.88. The van der Waals surface area contributed by atoms with Crippen LogP contribution in [0.1, 0.15) is 20.8 Å². The highest BCUT2D eigenvalue weighted by Crippen LogP contribution is 2.22. The normalized spacial score (nSPS) is 14.8. The summed E-state index contributed by atoms with van der Waals surface area (Å²) in [5.41, 5.74) is 10.8. The summed E-state index contributed by atoms with van der Waals surface area (Å²) in [5.74, 6) is 0.670. The summed E-state index contributed by atoms with van der Waals surface area (Å²) in [6, 6.07) is 0. The Morgan fingerprint density at radius 2 is 2.25 bits per heavy atom. The first-order valence-electron chi connectivity index (χ1n) is 5.22. The average Bonchev–Trinajstić information content (AvgIpc) is 2.24. The van der Waals surface area contributed by atoms with Crippen molar-refractivity contribution in [2.24, 2.45) is 11.7 Å². The monoisotopic (exact) mass is 225 g/mol. The number of aromatic nitrogens is 2. The van der Waals surface area contributed by atoms with E-state index >= 15 is 0 Å². The van der Waals surface area contributed by atoms with Gasteiger partial charge in [-0.1, -0.05) is 13.8 Å². The van der Waals surface area contributed by atoms with E-state index in [1.807, 2.05) is 20.8 Å². The molecule has 0 aliphatic heterocycles. The molecular weight excluding hydrogens is 206 g/mol. The minimum Gasteiger partial charge on any atom is -0.391 e. The number of hydrogen-bond donors (Lipinski definition) is 4. The fourth-order valence-electron chi connectivity index (χ4n) is 1.21. The zero-order chi connectivity index (χ0) is 12.3. The van der Waals surface area contributed by atoms with Gasteiger partial charge < -0.3 is 21.8 Å². The molecule has 0 saturated carbocycles. The third-order valence-electron chi connectivity index (χ3n) is 2.99. The molecule has 0 amide bonds. The molecule has 16 heavy (non-hydrogen) atoms. The summed E-state index contributed by atoms with van der Waals surface area (Å²) in [6.07, 6.45) is 1.32. The van der Waals surface area contributed by atoms with Gasteiger partial charge in [0.05, 0.1) is 11.9 Å². The highest BCUT2D eigenvalue weighted by atomic mass is 16.1. The number of anilines is 2. The van der Waals surface area contributed by atoms with Gasteiger partial charge in [-0.15, -0.1) is 0 Å². The van der Waals surface area contributed by atoms with Crippen LogP contribution >= 0.6 is 0 Å². The van der Waals surface area contributed by atoms with Gasteiger partial charge in [-0.3, -0.25) is 4.79 Å². The zero-order valence-electron chi connectivity index (χ0n) is 9.87. The Bertz CT molecular complexity index is 414. The van der Waals surface area contributed by atoms with Gasteiger partial charge in [0.25, 0.3) is 5.56 Å². The number of aromatic amines is 1. The van der Waals surface area contributed by atoms with E-state index in [1.54, 1.807) is 0 Å². The predicted octanol–water partition coefficient (Wildman–Crippen LogP) is 0.137. The fourth-order valence-corrected chi connectivity index (χ4v) is 1.21. The quantitative estimate of drug-likeness (QED) is 0.582. The van der Waals surface area contributed by atoms with Crippen molar-refractivity contribution in [3.8, 4) is 0 Å². The molecule has 1 heterocycles. The van der Waals surface area contributed by atoms with Crippen molar-refractivity contribution >= 4 is 11.5 Å². The molecule has 1 atom stereocenters. The Morgan fingerprint density at radius 3 is 2.75 bits per heavy atom. The molecule has 1 aromatic rings. The van der Waals surface area contributed by atoms with Gasteiger partial charge in [-0.05, 0) is 12.8 Å². The molecule has 0 aliphatic rings. The van der Waals surface area contributed by atoms with Crippen LogP contribution in [0.3, 0.4) is 0 Å². The van der Waals surface area contributed by atoms with Crippen LogP contribution in [0.5, 0.6) is 0 Å². The van der Waals surface area contributed by atoms with E-state index < -0.39 is 0 Å². The second-order valence-corrected chi connectivity index (χ2v) is 4.40. The largest absolute Gasteiger partial charge is 0.391 e. The maximum atomic E-state index is 11.3. The molecule has 0 radical (unpaired) electrons. The molecule has 6 N–H and O–H groups in total. The molecule has 90 valence electrons. The van der Waals surface area contributed by atoms with Crippen LogP contribution in [0.25, 0.3) is 0 Å². The van der Waals surface area contributed by atoms with Crippen molar-refractivity contribution < 1.29 is 0 Å². The smallest absolute Gasteiger partial charge is 0.276 e. The van der Waals surface area contributed by atoms with Crippen molar-refractivity contribution in [3.63, 3.8) is 0 Å². The van der Waals surface area contributed by atoms with Gasteiger partial charge in [0.2, 0.25) is 0 Å². The summed E-state index contributed by atoms with van der Waals surface area (Å²) in [5, 5.41) is 3.13. The molecule has 0 spiro atoms. The fraction of sp³-hybridized carbons (Fsp3) is 0.600. The highest BCUT2D eigenvalue weighted by molar-refractivity contribution is 5.60. The number of nitrogens with one attached hydrogen (secondary N) is 2. The van der Waals surface area contributed by atoms with Crippen molar-refractivity contribution in [2.45, 2.75) is 26.3 Å². The Kier molecular flexibility index (Phi) is 3.54. The standard InChI is InChI=1S/C10H19N5O/c1-6(2)10(3,4-11)15-8-7(12)9(16)14-5-13-8/h5-6H,4,11-12H2,1-3H3,(H2,13,14,15,16). The minimum atomic E-state index is -0.347. The lowest BCUT2D eigenvalue weighted by molar-refractivity contribution is 0.381. The van der Waals surface area contributed by atoms with Crippen LogP contribution in [0, 0.1) is 5.92 Å². The SMILES string of the molecule is CC(C)C(C)(CN)Nc1nc[nH]c(=O)c1N. The van der Waals surface area contributed by atoms with Gasteiger partial charge in [0.1, 0.15) is 5.69 Å². The first kappa shape index (κ1) is 12.5. The van der Waals surface area contributed by atoms with E-state index in [9.17, 15) is 4.79 Å². The summed E-state index contributed by atoms with van der Waals surface area (Å²) < 4.78 is 0. The summed E-state index contributed by atoms with van der Waals surface area (Å²) in [7, 11) is 0. The lowest BCUT2D eigenvalue weighted by Crippen LogP contribution is -2.47. The average molecular weight is 225 g/mol. The summed E-state index contributed by atoms with van der Waals surface area (Å²) in [4.78, 5) is 17.7. The first-order valence-corrected chi connectivity index (χ1v) is 5.22. The van der Waals surface area contributed by atoms with Crippen LogP contribution in [0.4, 0.5) is 11.5 Å². The van der Waals surface area contributed by atoms with Gasteiger partial charge >= 0.3 is 0 Å². The third kappa shape index (κ3) is 2.33. The molecule has 6 nitrogen and oxygen atoms in total. The van der Waals surface area contributed by atoms with E-state index in [4.69, 9.17) is 11.5 Å². The first-order chi connectivity index (χ1) is 7.40. The molecule has 0 saturated heterocycles. The Labute approximate surface area is 94.5 Å². The number of hydrogen-bond acceptors (Lipinski definition) is 5. The van der Waals surface area contributed by atoms with E-state index in [0.717, 1.165) is 0 Å². The molecule has 0 fully saturated rings. The van der Waals surface area contributed by atoms with E-state index in [1.165, 1.54) is 6.33 Å². The van der Waals surface area contributed by atoms with Gasteiger partial charge in [0, 0.05) is 6.54 Å². The van der Waals surface area contributed by atoms with Crippen molar-refractivity contribution in [1.82, 2.24) is 9.97 Å². The second kappa shape index (κ2) is 4.52. The van der Waals surface area contributed by atoms with Crippen molar-refractivity contribution in [2.75, 3.05) is 17.6 Å². The van der Waals surface area contributed by atoms with Gasteiger partial charge in [-0.25, -0.2) is 4.98 Å². The number of H-pyrrole nitrogens is 1. The van der Waals surface area contributed by atoms with Gasteiger partial charge in [0.15, 0.2) is 5.82 Å². The highest BCUT2D eigenvalue weighted by Gasteiger charge is 2.27. The minimum absolute atomic E-state index is 0.0859. The predicted molar refractivity (Wildman–Crippen MR) is 65.2 cm³/mol. The Balaban J connectivity index is 3.04. The Hall–Kier alpha value is -1.56. The molecule has 6 heteroatoms. The number of nitrogen functional groups attached to an aromatic ring is 1. The lowest BCUT2D eigenvalue weighted by Gasteiger charge is -2.34. The zero-order valence-corrected chi connectivity index (χ0v) is 9.87. The van der Waals surface area contributed by atoms with E-state index in [0.29, 0.717) is 12.4 Å². The number of rotatable bonds is 4. The summed E-state index contributed by atoms with van der Waals surface area (Å²) in [6.45, 7) is 6.49. The van der Waals surface area contributed by atoms with Crippen molar-refractivity contribution in [3.05, 3.63) is 16.7 Å². The van der Waals surface area contributed by atoms with Gasteiger partial charge in [-0.2, -0.15) is 0 Å². The molecule has 1 aromatic heterocycles. The Morgan fingerprint density at radius 1 is 1.62 bits per heavy atom. The maximum Gasteiger partial charge on any atom is 0.276 e. The molecule has 0 aliphatic carbocycles. The number of nitrogens with zero attached hydrogens (tertiary/aromatic N) is 1. The molecule has 0 aromatic carbocycles. The van der Waals surface area contributed by atoms with Crippen LogP contribution in [-0.2, 0) is 0 Å². The maximum absolute atomic E-state index is 11.3. The topological polar surface area (TPSA) is 110 Å². The molecule has 0 bridgehead atoms. The molecular formula is C10H19N5O. The van der Waals surface area contributed by atoms with E-state index in [2.05, 4.69) is 15.3 Å². The second-order valence-electron chi connectivity index (χ2n) is 4.40. The van der Waals surface area contributed by atoms with Crippen molar-refractivity contribution in [1.29, 1.82) is 0 Å². The summed E-state index contributed by atoms with van der Waals surface area (Å²) >= 11 is 0. The van der Waals surface area contributed by atoms with Crippen LogP contribution < -0.4 is 22.3 Å². The van der Waals surface area contributed by atoms with Crippen LogP contribution in [0.15, 0.2) is 11.1 Å². The molecule has 1 unspecified atom stereocenters. The molecule has 1 rings (SSSR count). The van der Waals surface area contributed by atoms with Crippen LogP contribution in [-0.4, -0.2) is 22.1 Å². The van der Waals surface area contributed by atoms with Crippen LogP contribution in [0.2, 0.25) is 0 Å². The van der Waals surface area contributed by atoms with E-state index in [-0.39, 0.29) is 22.7 Å². The number of nitrogens with two attached hydrogens (primary N) is 2.